The van der Waals surface area contributed by atoms with Crippen LogP contribution in [0, 0.1) is 44.6 Å². The summed E-state index contributed by atoms with van der Waals surface area (Å²) in [5.74, 6) is -14.6. The van der Waals surface area contributed by atoms with E-state index in [4.69, 9.17) is 9.47 Å². The maximum Gasteiger partial charge on any atom is 0.349 e. The van der Waals surface area contributed by atoms with E-state index in [2.05, 4.69) is 0 Å². The van der Waals surface area contributed by atoms with Crippen LogP contribution in [0.3, 0.4) is 0 Å². The Labute approximate surface area is 287 Å². The highest BCUT2D eigenvalue weighted by Crippen LogP contribution is 2.62. The molecule has 0 atom stereocenters. The zero-order chi connectivity index (χ0) is 36.6. The Hall–Kier alpha value is -5.91. The second-order valence-corrected chi connectivity index (χ2v) is 13.4. The van der Waals surface area contributed by atoms with Gasteiger partial charge in [-0.1, -0.05) is 69.3 Å². The first-order chi connectivity index (χ1) is 24.2. The second kappa shape index (κ2) is 11.9. The van der Waals surface area contributed by atoms with Crippen molar-refractivity contribution in [3.63, 3.8) is 0 Å². The summed E-state index contributed by atoms with van der Waals surface area (Å²) in [5.41, 5.74) is -0.416. The Morgan fingerprint density at radius 3 is 1.82 bits per heavy atom. The van der Waals surface area contributed by atoms with Crippen molar-refractivity contribution in [2.75, 3.05) is 6.61 Å². The van der Waals surface area contributed by atoms with Gasteiger partial charge in [0.2, 0.25) is 5.82 Å². The van der Waals surface area contributed by atoms with E-state index in [0.29, 0.717) is 16.7 Å². The highest BCUT2D eigenvalue weighted by atomic mass is 19.2. The van der Waals surface area contributed by atoms with Gasteiger partial charge in [0.1, 0.15) is 23.7 Å². The van der Waals surface area contributed by atoms with Crippen LogP contribution in [0.15, 0.2) is 84.9 Å². The van der Waals surface area contributed by atoms with Crippen LogP contribution in [0.5, 0.6) is 11.5 Å². The van der Waals surface area contributed by atoms with Crippen molar-refractivity contribution >= 4 is 17.4 Å². The fourth-order valence-electron chi connectivity index (χ4n) is 7.21. The van der Waals surface area contributed by atoms with Crippen molar-refractivity contribution in [2.45, 2.75) is 32.1 Å². The molecule has 0 unspecified atom stereocenters. The van der Waals surface area contributed by atoms with Gasteiger partial charge in [0, 0.05) is 34.6 Å². The summed E-state index contributed by atoms with van der Waals surface area (Å²) in [5, 5.41) is 11.3. The molecular formula is C39H26F5NO6. The van der Waals surface area contributed by atoms with Crippen molar-refractivity contribution in [3.8, 4) is 11.5 Å². The number of ketones is 1. The van der Waals surface area contributed by atoms with Gasteiger partial charge in [0.15, 0.2) is 29.1 Å². The Morgan fingerprint density at radius 1 is 0.765 bits per heavy atom. The number of carbonyl (C=O) groups excluding carboxylic acids is 2. The predicted octanol–water partition coefficient (Wildman–Crippen LogP) is 8.96. The van der Waals surface area contributed by atoms with E-state index in [9.17, 15) is 41.7 Å². The molecule has 51 heavy (non-hydrogen) atoms. The van der Waals surface area contributed by atoms with Crippen LogP contribution in [0.1, 0.15) is 80.8 Å². The SMILES string of the molecule is CC(C)(C)C(=O)c1ccc(OC(=O)c2c(F)c(F)c(F)c(F)c2F)c2c1C1c3ccccc3C2(COc2ccc([N+](=O)[O-])cc2)c2ccccc21. The molecule has 258 valence electrons. The number of nitrogens with zero attached hydrogens (tertiary/aromatic N) is 1. The molecule has 0 saturated carbocycles. The number of non-ortho nitro benzene ring substituents is 1. The van der Waals surface area contributed by atoms with Gasteiger partial charge in [-0.3, -0.25) is 14.9 Å². The maximum atomic E-state index is 14.9. The third kappa shape index (κ3) is 4.99. The number of nitro benzene ring substituents is 1. The number of halogens is 5. The fraction of sp³-hybridized carbons (Fsp3) is 0.179. The molecule has 2 bridgehead atoms. The van der Waals surface area contributed by atoms with Gasteiger partial charge in [-0.15, -0.1) is 0 Å². The maximum absolute atomic E-state index is 14.9. The zero-order valence-electron chi connectivity index (χ0n) is 27.2. The van der Waals surface area contributed by atoms with Crippen LogP contribution >= 0.6 is 0 Å². The monoisotopic (exact) mass is 699 g/mol. The molecule has 0 aromatic heterocycles. The number of esters is 1. The van der Waals surface area contributed by atoms with Crippen LogP contribution in [0.2, 0.25) is 0 Å². The number of hydrogen-bond donors (Lipinski definition) is 0. The van der Waals surface area contributed by atoms with Crippen molar-refractivity contribution < 1.29 is 45.9 Å². The molecule has 8 rings (SSSR count). The van der Waals surface area contributed by atoms with Crippen molar-refractivity contribution in [3.05, 3.63) is 169 Å². The smallest absolute Gasteiger partial charge is 0.349 e. The van der Waals surface area contributed by atoms with E-state index in [1.54, 1.807) is 32.9 Å². The van der Waals surface area contributed by atoms with Crippen molar-refractivity contribution in [2.24, 2.45) is 5.41 Å². The van der Waals surface area contributed by atoms with E-state index in [-0.39, 0.29) is 40.7 Å². The average molecular weight is 700 g/mol. The van der Waals surface area contributed by atoms with E-state index in [0.717, 1.165) is 11.1 Å². The first kappa shape index (κ1) is 33.6. The molecular weight excluding hydrogens is 673 g/mol. The fourth-order valence-corrected chi connectivity index (χ4v) is 7.21. The van der Waals surface area contributed by atoms with Gasteiger partial charge >= 0.3 is 5.97 Å². The molecule has 0 fully saturated rings. The first-order valence-corrected chi connectivity index (χ1v) is 15.7. The van der Waals surface area contributed by atoms with Gasteiger partial charge in [0.05, 0.1) is 10.3 Å². The minimum atomic E-state index is -2.43. The lowest BCUT2D eigenvalue weighted by molar-refractivity contribution is -0.384. The van der Waals surface area contributed by atoms with Crippen LogP contribution in [-0.2, 0) is 5.41 Å². The van der Waals surface area contributed by atoms with Crippen molar-refractivity contribution in [1.29, 1.82) is 0 Å². The number of carbonyl (C=O) groups is 2. The summed E-state index contributed by atoms with van der Waals surface area (Å²) < 4.78 is 84.0. The summed E-state index contributed by atoms with van der Waals surface area (Å²) in [6.45, 7) is 4.96. The number of rotatable bonds is 7. The van der Waals surface area contributed by atoms with E-state index < -0.39 is 62.3 Å². The van der Waals surface area contributed by atoms with E-state index in [1.807, 2.05) is 36.4 Å². The normalized spacial score (nSPS) is 16.9. The lowest BCUT2D eigenvalue weighted by atomic mass is 9.52. The topological polar surface area (TPSA) is 95.7 Å². The quantitative estimate of drug-likeness (QED) is 0.0246. The second-order valence-electron chi connectivity index (χ2n) is 13.4. The lowest BCUT2D eigenvalue weighted by Gasteiger charge is -2.51. The van der Waals surface area contributed by atoms with E-state index in [1.165, 1.54) is 36.4 Å². The standard InChI is InChI=1S/C39H26F5NO6/c1-38(2,3)36(46)23-16-17-26(51-37(47)29-31(40)33(42)35(44)34(43)32(29)41)30-28(23)27-21-8-4-6-10-24(21)39(30,25-11-7-5-9-22(25)27)18-50-20-14-12-19(13-15-20)45(48)49/h4-17,27H,18H2,1-3H3. The van der Waals surface area contributed by atoms with E-state index >= 15 is 0 Å². The molecule has 5 aromatic carbocycles. The molecule has 5 aromatic rings. The summed E-state index contributed by atoms with van der Waals surface area (Å²) in [4.78, 5) is 38.4. The molecule has 0 N–H and O–H groups in total. The number of hydrogen-bond acceptors (Lipinski definition) is 6. The Balaban J connectivity index is 1.51. The van der Waals surface area contributed by atoms with Crippen LogP contribution < -0.4 is 9.47 Å². The zero-order valence-corrected chi connectivity index (χ0v) is 27.2. The minimum absolute atomic E-state index is 0.174. The van der Waals surface area contributed by atoms with Gasteiger partial charge in [0.25, 0.3) is 5.69 Å². The number of benzene rings is 5. The third-order valence-electron chi connectivity index (χ3n) is 9.43. The molecule has 0 spiro atoms. The van der Waals surface area contributed by atoms with Gasteiger partial charge in [-0.2, -0.15) is 0 Å². The van der Waals surface area contributed by atoms with Gasteiger partial charge in [-0.05, 0) is 52.1 Å². The number of ether oxygens (including phenoxy) is 2. The average Bonchev–Trinajstić information content (AvgIpc) is 3.12. The molecule has 12 heteroatoms. The molecule has 3 aliphatic rings. The van der Waals surface area contributed by atoms with Crippen LogP contribution in [0.4, 0.5) is 27.6 Å². The molecule has 0 saturated heterocycles. The Morgan fingerprint density at radius 2 is 1.29 bits per heavy atom. The summed E-state index contributed by atoms with van der Waals surface area (Å²) >= 11 is 0. The highest BCUT2D eigenvalue weighted by Gasteiger charge is 2.55. The Kier molecular flexibility index (Phi) is 7.81. The summed E-state index contributed by atoms with van der Waals surface area (Å²) in [7, 11) is 0. The van der Waals surface area contributed by atoms with Crippen LogP contribution in [-0.4, -0.2) is 23.3 Å². The molecule has 0 amide bonds. The molecule has 0 aliphatic heterocycles. The predicted molar refractivity (Wildman–Crippen MR) is 174 cm³/mol. The van der Waals surface area contributed by atoms with Gasteiger partial charge < -0.3 is 9.47 Å². The molecule has 7 nitrogen and oxygen atoms in total. The molecule has 3 aliphatic carbocycles. The lowest BCUT2D eigenvalue weighted by Crippen LogP contribution is -2.47. The molecule has 0 radical (unpaired) electrons. The third-order valence-corrected chi connectivity index (χ3v) is 9.43. The highest BCUT2D eigenvalue weighted by molar-refractivity contribution is 6.03. The summed E-state index contributed by atoms with van der Waals surface area (Å²) in [6, 6.07) is 22.7. The Bertz CT molecular complexity index is 2240. The number of Topliss-reactive ketones (excluding diaryl/α,β-unsaturated/α-hetero) is 1. The van der Waals surface area contributed by atoms with Gasteiger partial charge in [-0.25, -0.2) is 26.7 Å². The van der Waals surface area contributed by atoms with Crippen molar-refractivity contribution in [1.82, 2.24) is 0 Å². The molecule has 0 heterocycles. The minimum Gasteiger partial charge on any atom is -0.492 e. The summed E-state index contributed by atoms with van der Waals surface area (Å²) in [6.07, 6.45) is 0. The first-order valence-electron chi connectivity index (χ1n) is 15.7. The largest absolute Gasteiger partial charge is 0.492 e. The van der Waals surface area contributed by atoms with Crippen LogP contribution in [0.25, 0.3) is 0 Å². The number of nitro groups is 1.